The molecule has 3 aromatic rings. The molecule has 0 aliphatic carbocycles. The van der Waals surface area contributed by atoms with Crippen LogP contribution in [0.5, 0.6) is 0 Å². The van der Waals surface area contributed by atoms with Crippen molar-refractivity contribution in [2.24, 2.45) is 0 Å². The lowest BCUT2D eigenvalue weighted by Gasteiger charge is -2.07. The molecule has 0 saturated heterocycles. The molecule has 1 nitrogen and oxygen atoms in total. The normalized spacial score (nSPS) is 10.6. The largest absolute Gasteiger partial charge is 0.192 e. The van der Waals surface area contributed by atoms with Crippen LogP contribution in [0.2, 0.25) is 0 Å². The van der Waals surface area contributed by atoms with Gasteiger partial charge in [-0.05, 0) is 64.4 Å². The van der Waals surface area contributed by atoms with E-state index in [1.807, 2.05) is 36.0 Å². The average molecular weight is 317 g/mol. The second kappa shape index (κ2) is 7.35. The van der Waals surface area contributed by atoms with Crippen LogP contribution in [0.4, 0.5) is 0 Å². The first-order chi connectivity index (χ1) is 11.3. The third-order valence-electron chi connectivity index (χ3n) is 3.93. The number of fused-ring (bicyclic) bond motifs is 1. The fourth-order valence-electron chi connectivity index (χ4n) is 2.56. The van der Waals surface area contributed by atoms with E-state index in [-0.39, 0.29) is 0 Å². The summed E-state index contributed by atoms with van der Waals surface area (Å²) in [6.07, 6.45) is 2.51. The predicted octanol–water partition coefficient (Wildman–Crippen LogP) is 6.27. The van der Waals surface area contributed by atoms with Crippen LogP contribution in [0.15, 0.2) is 65.6 Å². The van der Waals surface area contributed by atoms with Crippen molar-refractivity contribution in [3.8, 4) is 17.2 Å². The van der Waals surface area contributed by atoms with Crippen molar-refractivity contribution in [1.29, 1.82) is 5.26 Å². The van der Waals surface area contributed by atoms with Gasteiger partial charge in [0.2, 0.25) is 0 Å². The molecule has 0 aromatic heterocycles. The first-order valence-electron chi connectivity index (χ1n) is 7.97. The minimum absolute atomic E-state index is 0.697. The SMILES string of the molecule is CCCCSc1ccc2cc(-c3ccc(C#N)cc3)ccc2c1. The highest BCUT2D eigenvalue weighted by atomic mass is 32.2. The fourth-order valence-corrected chi connectivity index (χ4v) is 3.61. The molecule has 3 aromatic carbocycles. The molecule has 0 unspecified atom stereocenters. The zero-order valence-corrected chi connectivity index (χ0v) is 14.1. The Morgan fingerprint density at radius 3 is 2.30 bits per heavy atom. The lowest BCUT2D eigenvalue weighted by atomic mass is 10.0. The van der Waals surface area contributed by atoms with E-state index in [2.05, 4.69) is 49.4 Å². The van der Waals surface area contributed by atoms with Crippen LogP contribution >= 0.6 is 11.8 Å². The lowest BCUT2D eigenvalue weighted by molar-refractivity contribution is 0.896. The van der Waals surface area contributed by atoms with Gasteiger partial charge in [-0.15, -0.1) is 11.8 Å². The molecule has 2 heteroatoms. The number of nitriles is 1. The number of hydrogen-bond acceptors (Lipinski definition) is 2. The van der Waals surface area contributed by atoms with E-state index in [1.54, 1.807) is 0 Å². The van der Waals surface area contributed by atoms with E-state index in [4.69, 9.17) is 5.26 Å². The number of unbranched alkanes of at least 4 members (excludes halogenated alkanes) is 1. The van der Waals surface area contributed by atoms with Crippen molar-refractivity contribution in [3.05, 3.63) is 66.2 Å². The van der Waals surface area contributed by atoms with Gasteiger partial charge in [0.1, 0.15) is 0 Å². The summed E-state index contributed by atoms with van der Waals surface area (Å²) in [5.41, 5.74) is 3.03. The van der Waals surface area contributed by atoms with Crippen molar-refractivity contribution < 1.29 is 0 Å². The highest BCUT2D eigenvalue weighted by molar-refractivity contribution is 7.99. The summed E-state index contributed by atoms with van der Waals surface area (Å²) in [5.74, 6) is 1.19. The second-order valence-electron chi connectivity index (χ2n) is 5.61. The standard InChI is InChI=1S/C21H19NS/c1-2-3-12-23-21-11-10-19-13-18(8-9-20(19)14-21)17-6-4-16(15-22)5-7-17/h4-11,13-14H,2-3,12H2,1H3. The monoisotopic (exact) mass is 317 g/mol. The van der Waals surface area contributed by atoms with Gasteiger partial charge in [-0.3, -0.25) is 0 Å². The van der Waals surface area contributed by atoms with Crippen LogP contribution in [-0.4, -0.2) is 5.75 Å². The zero-order valence-electron chi connectivity index (χ0n) is 13.3. The van der Waals surface area contributed by atoms with E-state index < -0.39 is 0 Å². The molecular weight excluding hydrogens is 298 g/mol. The van der Waals surface area contributed by atoms with E-state index in [1.165, 1.54) is 39.8 Å². The summed E-state index contributed by atoms with van der Waals surface area (Å²) >= 11 is 1.93. The van der Waals surface area contributed by atoms with Crippen LogP contribution in [0, 0.1) is 11.3 Å². The van der Waals surface area contributed by atoms with Crippen molar-refractivity contribution >= 4 is 22.5 Å². The number of benzene rings is 3. The van der Waals surface area contributed by atoms with Crippen molar-refractivity contribution in [3.63, 3.8) is 0 Å². The summed E-state index contributed by atoms with van der Waals surface area (Å²) in [6.45, 7) is 2.23. The summed E-state index contributed by atoms with van der Waals surface area (Å²) in [4.78, 5) is 1.34. The molecule has 0 N–H and O–H groups in total. The van der Waals surface area contributed by atoms with E-state index >= 15 is 0 Å². The predicted molar refractivity (Wildman–Crippen MR) is 99.7 cm³/mol. The first-order valence-corrected chi connectivity index (χ1v) is 8.96. The van der Waals surface area contributed by atoms with E-state index in [0.29, 0.717) is 5.56 Å². The van der Waals surface area contributed by atoms with Crippen LogP contribution in [0.3, 0.4) is 0 Å². The van der Waals surface area contributed by atoms with Crippen LogP contribution < -0.4 is 0 Å². The molecular formula is C21H19NS. The Labute approximate surface area is 142 Å². The van der Waals surface area contributed by atoms with Gasteiger partial charge in [0.15, 0.2) is 0 Å². The van der Waals surface area contributed by atoms with Crippen LogP contribution in [0.25, 0.3) is 21.9 Å². The fraction of sp³-hybridized carbons (Fsp3) is 0.190. The van der Waals surface area contributed by atoms with Gasteiger partial charge in [-0.2, -0.15) is 5.26 Å². The Kier molecular flexibility index (Phi) is 5.00. The maximum atomic E-state index is 8.89. The van der Waals surface area contributed by atoms with Crippen molar-refractivity contribution in [2.45, 2.75) is 24.7 Å². The molecule has 0 heterocycles. The maximum absolute atomic E-state index is 8.89. The van der Waals surface area contributed by atoms with Crippen LogP contribution in [0.1, 0.15) is 25.3 Å². The van der Waals surface area contributed by atoms with Gasteiger partial charge in [0, 0.05) is 4.90 Å². The highest BCUT2D eigenvalue weighted by Gasteiger charge is 2.02. The molecule has 0 atom stereocenters. The quantitative estimate of drug-likeness (QED) is 0.409. The van der Waals surface area contributed by atoms with Gasteiger partial charge < -0.3 is 0 Å². The molecule has 0 aliphatic heterocycles. The number of thioether (sulfide) groups is 1. The maximum Gasteiger partial charge on any atom is 0.0991 e. The summed E-state index contributed by atoms with van der Waals surface area (Å²) in [7, 11) is 0. The molecule has 0 saturated carbocycles. The topological polar surface area (TPSA) is 23.8 Å². The third-order valence-corrected chi connectivity index (χ3v) is 5.01. The highest BCUT2D eigenvalue weighted by Crippen LogP contribution is 2.28. The Morgan fingerprint density at radius 2 is 1.57 bits per heavy atom. The van der Waals surface area contributed by atoms with E-state index in [0.717, 1.165) is 5.56 Å². The molecule has 0 fully saturated rings. The third kappa shape index (κ3) is 3.75. The zero-order chi connectivity index (χ0) is 16.1. The summed E-state index contributed by atoms with van der Waals surface area (Å²) < 4.78 is 0. The van der Waals surface area contributed by atoms with Gasteiger partial charge in [0.25, 0.3) is 0 Å². The number of rotatable bonds is 5. The summed E-state index contributed by atoms with van der Waals surface area (Å²) in [6, 6.07) is 23.2. The van der Waals surface area contributed by atoms with Crippen LogP contribution in [-0.2, 0) is 0 Å². The molecule has 0 spiro atoms. The van der Waals surface area contributed by atoms with E-state index in [9.17, 15) is 0 Å². The molecule has 23 heavy (non-hydrogen) atoms. The Morgan fingerprint density at radius 1 is 0.870 bits per heavy atom. The lowest BCUT2D eigenvalue weighted by Crippen LogP contribution is -1.82. The minimum Gasteiger partial charge on any atom is -0.192 e. The number of hydrogen-bond donors (Lipinski definition) is 0. The number of nitrogens with zero attached hydrogens (tertiary/aromatic N) is 1. The second-order valence-corrected chi connectivity index (χ2v) is 6.78. The van der Waals surface area contributed by atoms with Gasteiger partial charge in [-0.1, -0.05) is 43.7 Å². The molecule has 0 radical (unpaired) electrons. The molecule has 0 bridgehead atoms. The average Bonchev–Trinajstić information content (AvgIpc) is 2.61. The van der Waals surface area contributed by atoms with Crippen molar-refractivity contribution in [1.82, 2.24) is 0 Å². The van der Waals surface area contributed by atoms with Gasteiger partial charge in [-0.25, -0.2) is 0 Å². The van der Waals surface area contributed by atoms with Gasteiger partial charge >= 0.3 is 0 Å². The molecule has 3 rings (SSSR count). The summed E-state index contributed by atoms with van der Waals surface area (Å²) in [5, 5.41) is 11.4. The Hall–Kier alpha value is -2.24. The Balaban J connectivity index is 1.87. The van der Waals surface area contributed by atoms with Crippen molar-refractivity contribution in [2.75, 3.05) is 5.75 Å². The Bertz CT molecular complexity index is 844. The minimum atomic E-state index is 0.697. The van der Waals surface area contributed by atoms with Gasteiger partial charge in [0.05, 0.1) is 11.6 Å². The molecule has 0 amide bonds. The molecule has 114 valence electrons. The molecule has 0 aliphatic rings. The first kappa shape index (κ1) is 15.6. The smallest absolute Gasteiger partial charge is 0.0991 e.